The molecular weight excluding hydrogens is 212 g/mol. The molecule has 2 heterocycles. The lowest BCUT2D eigenvalue weighted by atomic mass is 9.94. The molecule has 2 aliphatic heterocycles. The van der Waals surface area contributed by atoms with Crippen molar-refractivity contribution >= 4 is 5.69 Å². The molecule has 2 N–H and O–H groups in total. The van der Waals surface area contributed by atoms with Crippen LogP contribution in [0.3, 0.4) is 0 Å². The monoisotopic (exact) mass is 232 g/mol. The number of nitrogens with zero attached hydrogens (tertiary/aromatic N) is 1. The third kappa shape index (κ3) is 2.12. The number of anilines is 1. The van der Waals surface area contributed by atoms with E-state index >= 15 is 0 Å². The van der Waals surface area contributed by atoms with Gasteiger partial charge >= 0.3 is 0 Å². The molecule has 1 aromatic carbocycles. The van der Waals surface area contributed by atoms with Crippen molar-refractivity contribution in [2.24, 2.45) is 5.92 Å². The lowest BCUT2D eigenvalue weighted by molar-refractivity contribution is 0.255. The van der Waals surface area contributed by atoms with Gasteiger partial charge in [0.1, 0.15) is 5.75 Å². The summed E-state index contributed by atoms with van der Waals surface area (Å²) in [7, 11) is 0. The zero-order chi connectivity index (χ0) is 11.8. The van der Waals surface area contributed by atoms with Crippen molar-refractivity contribution in [3.05, 3.63) is 23.8 Å². The number of benzene rings is 1. The number of hydrogen-bond donors (Lipinski definition) is 2. The summed E-state index contributed by atoms with van der Waals surface area (Å²) in [4.78, 5) is 2.55. The fourth-order valence-electron chi connectivity index (χ4n) is 3.05. The van der Waals surface area contributed by atoms with E-state index in [1.807, 2.05) is 19.1 Å². The third-order valence-corrected chi connectivity index (χ3v) is 4.20. The van der Waals surface area contributed by atoms with Gasteiger partial charge in [0, 0.05) is 30.9 Å². The molecule has 0 spiro atoms. The van der Waals surface area contributed by atoms with E-state index in [1.54, 1.807) is 0 Å². The molecule has 0 amide bonds. The Bertz CT molecular complexity index is 419. The molecule has 2 fully saturated rings. The van der Waals surface area contributed by atoms with Gasteiger partial charge in [-0.1, -0.05) is 6.07 Å². The minimum Gasteiger partial charge on any atom is -0.508 e. The molecule has 3 atom stereocenters. The van der Waals surface area contributed by atoms with Crippen LogP contribution in [0.1, 0.15) is 18.4 Å². The van der Waals surface area contributed by atoms with Crippen molar-refractivity contribution in [3.8, 4) is 5.75 Å². The molecule has 3 nitrogen and oxygen atoms in total. The number of fused-ring (bicyclic) bond motifs is 2. The highest BCUT2D eigenvalue weighted by atomic mass is 16.3. The van der Waals surface area contributed by atoms with Gasteiger partial charge in [-0.3, -0.25) is 0 Å². The van der Waals surface area contributed by atoms with E-state index in [-0.39, 0.29) is 0 Å². The maximum atomic E-state index is 9.71. The van der Waals surface area contributed by atoms with Gasteiger partial charge in [-0.25, -0.2) is 0 Å². The zero-order valence-electron chi connectivity index (χ0n) is 10.3. The Balaban J connectivity index is 1.71. The Morgan fingerprint density at radius 2 is 2.12 bits per heavy atom. The van der Waals surface area contributed by atoms with E-state index < -0.39 is 0 Å². The molecule has 3 heteroatoms. The predicted octanol–water partition coefficient (Wildman–Crippen LogP) is 2.21. The van der Waals surface area contributed by atoms with Gasteiger partial charge in [0.25, 0.3) is 0 Å². The zero-order valence-corrected chi connectivity index (χ0v) is 10.3. The normalized spacial score (nSPS) is 31.5. The molecule has 2 bridgehead atoms. The smallest absolute Gasteiger partial charge is 0.120 e. The first-order valence-corrected chi connectivity index (χ1v) is 6.51. The molecule has 3 rings (SSSR count). The molecular formula is C14H20N2O. The standard InChI is InChI=1S/C14H20N2O/c1-10-2-3-12(8-14(10)17)15-13-5-7-16-6-4-11(13)9-16/h2-3,8,11,13,15,17H,4-7,9H2,1H3. The van der Waals surface area contributed by atoms with E-state index in [0.29, 0.717) is 11.8 Å². The molecule has 1 aromatic rings. The summed E-state index contributed by atoms with van der Waals surface area (Å²) >= 11 is 0. The lowest BCUT2D eigenvalue weighted by Crippen LogP contribution is -2.39. The fraction of sp³-hybridized carbons (Fsp3) is 0.571. The summed E-state index contributed by atoms with van der Waals surface area (Å²) in [6.45, 7) is 5.65. The second-order valence-corrected chi connectivity index (χ2v) is 5.39. The van der Waals surface area contributed by atoms with E-state index in [0.717, 1.165) is 17.2 Å². The van der Waals surface area contributed by atoms with Crippen molar-refractivity contribution in [1.82, 2.24) is 4.90 Å². The highest BCUT2D eigenvalue weighted by Crippen LogP contribution is 2.30. The minimum absolute atomic E-state index is 0.388. The number of aryl methyl sites for hydroxylation is 1. The molecule has 0 saturated carbocycles. The fourth-order valence-corrected chi connectivity index (χ4v) is 3.05. The van der Waals surface area contributed by atoms with Crippen LogP contribution in [0.25, 0.3) is 0 Å². The first-order valence-electron chi connectivity index (χ1n) is 6.51. The van der Waals surface area contributed by atoms with Crippen molar-refractivity contribution in [2.45, 2.75) is 25.8 Å². The molecule has 3 unspecified atom stereocenters. The maximum absolute atomic E-state index is 9.71. The molecule has 2 aliphatic rings. The summed E-state index contributed by atoms with van der Waals surface area (Å²) < 4.78 is 0. The van der Waals surface area contributed by atoms with Gasteiger partial charge in [0.15, 0.2) is 0 Å². The van der Waals surface area contributed by atoms with E-state index in [1.165, 1.54) is 32.5 Å². The Hall–Kier alpha value is -1.22. The van der Waals surface area contributed by atoms with E-state index in [9.17, 15) is 5.11 Å². The summed E-state index contributed by atoms with van der Waals surface area (Å²) in [5, 5.41) is 13.3. The van der Waals surface area contributed by atoms with Gasteiger partial charge in [0.05, 0.1) is 0 Å². The first-order chi connectivity index (χ1) is 8.22. The van der Waals surface area contributed by atoms with Crippen LogP contribution >= 0.6 is 0 Å². The first kappa shape index (κ1) is 10.9. The van der Waals surface area contributed by atoms with Crippen LogP contribution in [0.5, 0.6) is 5.75 Å². The lowest BCUT2D eigenvalue weighted by Gasteiger charge is -2.31. The number of phenols is 1. The van der Waals surface area contributed by atoms with Gasteiger partial charge in [-0.15, -0.1) is 0 Å². The van der Waals surface area contributed by atoms with Crippen molar-refractivity contribution in [1.29, 1.82) is 0 Å². The van der Waals surface area contributed by atoms with Crippen LogP contribution in [0.15, 0.2) is 18.2 Å². The van der Waals surface area contributed by atoms with Crippen LogP contribution in [-0.2, 0) is 0 Å². The summed E-state index contributed by atoms with van der Waals surface area (Å²) in [6.07, 6.45) is 2.54. The number of hydrogen-bond acceptors (Lipinski definition) is 3. The topological polar surface area (TPSA) is 35.5 Å². The highest BCUT2D eigenvalue weighted by molar-refractivity contribution is 5.51. The Kier molecular flexibility index (Phi) is 2.71. The SMILES string of the molecule is Cc1ccc(NC2CCN3CCC2C3)cc1O. The summed E-state index contributed by atoms with van der Waals surface area (Å²) in [5.74, 6) is 1.17. The van der Waals surface area contributed by atoms with Gasteiger partial charge in [-0.05, 0) is 43.9 Å². The highest BCUT2D eigenvalue weighted by Gasteiger charge is 2.33. The molecule has 17 heavy (non-hydrogen) atoms. The molecule has 2 saturated heterocycles. The van der Waals surface area contributed by atoms with Gasteiger partial charge in [0.2, 0.25) is 0 Å². The van der Waals surface area contributed by atoms with Gasteiger partial charge < -0.3 is 15.3 Å². The van der Waals surface area contributed by atoms with E-state index in [4.69, 9.17) is 0 Å². The number of rotatable bonds is 2. The largest absolute Gasteiger partial charge is 0.508 e. The minimum atomic E-state index is 0.388. The summed E-state index contributed by atoms with van der Waals surface area (Å²) in [6, 6.07) is 6.46. The van der Waals surface area contributed by atoms with Crippen LogP contribution in [0, 0.1) is 12.8 Å². The van der Waals surface area contributed by atoms with Gasteiger partial charge in [-0.2, -0.15) is 0 Å². The van der Waals surface area contributed by atoms with Crippen LogP contribution < -0.4 is 5.32 Å². The van der Waals surface area contributed by atoms with Crippen LogP contribution in [0.2, 0.25) is 0 Å². The Labute approximate surface area is 102 Å². The predicted molar refractivity (Wildman–Crippen MR) is 69.4 cm³/mol. The number of nitrogens with one attached hydrogen (secondary N) is 1. The van der Waals surface area contributed by atoms with Crippen molar-refractivity contribution in [2.75, 3.05) is 25.0 Å². The summed E-state index contributed by atoms with van der Waals surface area (Å²) in [5.41, 5.74) is 1.99. The molecule has 0 aliphatic carbocycles. The maximum Gasteiger partial charge on any atom is 0.120 e. The Morgan fingerprint density at radius 1 is 1.29 bits per heavy atom. The van der Waals surface area contributed by atoms with Crippen LogP contribution in [0.4, 0.5) is 5.69 Å². The quantitative estimate of drug-likeness (QED) is 0.820. The molecule has 0 radical (unpaired) electrons. The van der Waals surface area contributed by atoms with Crippen molar-refractivity contribution < 1.29 is 5.11 Å². The van der Waals surface area contributed by atoms with Crippen LogP contribution in [-0.4, -0.2) is 35.7 Å². The average Bonchev–Trinajstić information content (AvgIpc) is 2.71. The molecule has 92 valence electrons. The third-order valence-electron chi connectivity index (χ3n) is 4.20. The second kappa shape index (κ2) is 4.22. The Morgan fingerprint density at radius 3 is 2.94 bits per heavy atom. The van der Waals surface area contributed by atoms with Crippen molar-refractivity contribution in [3.63, 3.8) is 0 Å². The number of piperidine rings is 1. The number of aromatic hydroxyl groups is 1. The average molecular weight is 232 g/mol. The molecule has 0 aromatic heterocycles. The number of phenolic OH excluding ortho intramolecular Hbond substituents is 1. The van der Waals surface area contributed by atoms with E-state index in [2.05, 4.69) is 16.3 Å². The second-order valence-electron chi connectivity index (χ2n) is 5.39.